The molecule has 0 atom stereocenters. The highest BCUT2D eigenvalue weighted by Gasteiger charge is 2.53. The lowest BCUT2D eigenvalue weighted by Crippen LogP contribution is -2.24. The average molecular weight is 229 g/mol. The summed E-state index contributed by atoms with van der Waals surface area (Å²) in [5.74, 6) is 1.49. The monoisotopic (exact) mass is 229 g/mol. The SMILES string of the molecule is NC(=NCC1(C2CC2)CC1)Nc1ccccc1. The number of nitrogens with zero attached hydrogens (tertiary/aromatic N) is 1. The molecule has 3 heteroatoms. The normalized spacial score (nSPS) is 22.2. The van der Waals surface area contributed by atoms with Crippen LogP contribution in [0.25, 0.3) is 0 Å². The number of nitrogens with one attached hydrogen (secondary N) is 1. The van der Waals surface area contributed by atoms with Crippen molar-refractivity contribution in [3.63, 3.8) is 0 Å². The van der Waals surface area contributed by atoms with Crippen LogP contribution in [0.1, 0.15) is 25.7 Å². The smallest absolute Gasteiger partial charge is 0.193 e. The number of rotatable bonds is 4. The molecule has 0 aliphatic heterocycles. The number of hydrogen-bond acceptors (Lipinski definition) is 1. The largest absolute Gasteiger partial charge is 0.370 e. The second-order valence-corrected chi connectivity index (χ2v) is 5.33. The standard InChI is InChI=1S/C14H19N3/c15-13(17-12-4-2-1-3-5-12)16-10-14(8-9-14)11-6-7-11/h1-5,11H,6-10H2,(H3,15,16,17). The van der Waals surface area contributed by atoms with Crippen molar-refractivity contribution in [2.75, 3.05) is 11.9 Å². The van der Waals surface area contributed by atoms with Crippen molar-refractivity contribution >= 4 is 11.6 Å². The highest BCUT2D eigenvalue weighted by molar-refractivity contribution is 5.92. The van der Waals surface area contributed by atoms with Crippen molar-refractivity contribution in [3.8, 4) is 0 Å². The quantitative estimate of drug-likeness (QED) is 0.616. The molecule has 0 saturated heterocycles. The van der Waals surface area contributed by atoms with Crippen molar-refractivity contribution in [3.05, 3.63) is 30.3 Å². The fraction of sp³-hybridized carbons (Fsp3) is 0.500. The molecule has 0 radical (unpaired) electrons. The summed E-state index contributed by atoms with van der Waals surface area (Å²) >= 11 is 0. The molecule has 17 heavy (non-hydrogen) atoms. The maximum absolute atomic E-state index is 5.90. The van der Waals surface area contributed by atoms with E-state index in [1.54, 1.807) is 0 Å². The van der Waals surface area contributed by atoms with Crippen LogP contribution in [0.5, 0.6) is 0 Å². The van der Waals surface area contributed by atoms with Gasteiger partial charge in [0.05, 0.1) is 0 Å². The van der Waals surface area contributed by atoms with Gasteiger partial charge in [0.25, 0.3) is 0 Å². The van der Waals surface area contributed by atoms with Gasteiger partial charge in [-0.15, -0.1) is 0 Å². The van der Waals surface area contributed by atoms with Crippen molar-refractivity contribution in [1.82, 2.24) is 0 Å². The predicted molar refractivity (Wildman–Crippen MR) is 70.9 cm³/mol. The Morgan fingerprint density at radius 2 is 2.00 bits per heavy atom. The number of anilines is 1. The lowest BCUT2D eigenvalue weighted by Gasteiger charge is -2.11. The third kappa shape index (κ3) is 2.43. The molecule has 2 fully saturated rings. The molecule has 0 spiro atoms. The number of benzene rings is 1. The van der Waals surface area contributed by atoms with E-state index in [1.807, 2.05) is 30.3 Å². The first kappa shape index (κ1) is 10.6. The fourth-order valence-electron chi connectivity index (χ4n) is 2.50. The number of aliphatic imine (C=N–C) groups is 1. The van der Waals surface area contributed by atoms with Crippen molar-refractivity contribution in [1.29, 1.82) is 0 Å². The van der Waals surface area contributed by atoms with Gasteiger partial charge in [0.15, 0.2) is 5.96 Å². The van der Waals surface area contributed by atoms with E-state index in [4.69, 9.17) is 5.73 Å². The second kappa shape index (κ2) is 4.06. The lowest BCUT2D eigenvalue weighted by atomic mass is 10.0. The summed E-state index contributed by atoms with van der Waals surface area (Å²) < 4.78 is 0. The van der Waals surface area contributed by atoms with Crippen LogP contribution < -0.4 is 11.1 Å². The maximum atomic E-state index is 5.90. The van der Waals surface area contributed by atoms with Gasteiger partial charge in [-0.25, -0.2) is 0 Å². The minimum atomic E-state index is 0.531. The van der Waals surface area contributed by atoms with Gasteiger partial charge in [0.1, 0.15) is 0 Å². The van der Waals surface area contributed by atoms with Crippen LogP contribution in [0.3, 0.4) is 0 Å². The zero-order valence-electron chi connectivity index (χ0n) is 10.0. The molecule has 0 unspecified atom stereocenters. The van der Waals surface area contributed by atoms with Gasteiger partial charge < -0.3 is 11.1 Å². The Kier molecular flexibility index (Phi) is 2.54. The number of hydrogen-bond donors (Lipinski definition) is 2. The van der Waals surface area contributed by atoms with Gasteiger partial charge >= 0.3 is 0 Å². The van der Waals surface area contributed by atoms with Crippen LogP contribution in [-0.2, 0) is 0 Å². The van der Waals surface area contributed by atoms with Crippen LogP contribution in [0.15, 0.2) is 35.3 Å². The summed E-state index contributed by atoms with van der Waals surface area (Å²) in [5, 5.41) is 3.13. The zero-order valence-corrected chi connectivity index (χ0v) is 10.0. The minimum absolute atomic E-state index is 0.531. The van der Waals surface area contributed by atoms with Gasteiger partial charge in [0, 0.05) is 12.2 Å². The van der Waals surface area contributed by atoms with Crippen LogP contribution in [0.2, 0.25) is 0 Å². The molecular weight excluding hydrogens is 210 g/mol. The summed E-state index contributed by atoms with van der Waals surface area (Å²) in [4.78, 5) is 4.50. The molecule has 1 aromatic rings. The second-order valence-electron chi connectivity index (χ2n) is 5.33. The molecule has 0 amide bonds. The molecule has 0 heterocycles. The summed E-state index contributed by atoms with van der Waals surface area (Å²) in [6, 6.07) is 9.96. The lowest BCUT2D eigenvalue weighted by molar-refractivity contribution is 0.454. The van der Waals surface area contributed by atoms with E-state index in [9.17, 15) is 0 Å². The van der Waals surface area contributed by atoms with Crippen LogP contribution >= 0.6 is 0 Å². The van der Waals surface area contributed by atoms with Gasteiger partial charge in [-0.2, -0.15) is 0 Å². The predicted octanol–water partition coefficient (Wildman–Crippen LogP) is 2.60. The summed E-state index contributed by atoms with van der Waals surface area (Å²) in [5.41, 5.74) is 7.44. The number of para-hydroxylation sites is 1. The first-order chi connectivity index (χ1) is 8.28. The molecular formula is C14H19N3. The molecule has 90 valence electrons. The highest BCUT2D eigenvalue weighted by atomic mass is 15.1. The third-order valence-corrected chi connectivity index (χ3v) is 3.95. The highest BCUT2D eigenvalue weighted by Crippen LogP contribution is 2.61. The molecule has 1 aromatic carbocycles. The molecule has 3 rings (SSSR count). The zero-order chi connectivity index (χ0) is 11.7. The molecule has 2 aliphatic rings. The van der Waals surface area contributed by atoms with Crippen LogP contribution in [0.4, 0.5) is 5.69 Å². The van der Waals surface area contributed by atoms with Crippen molar-refractivity contribution in [2.45, 2.75) is 25.7 Å². The molecule has 2 saturated carbocycles. The minimum Gasteiger partial charge on any atom is -0.370 e. The fourth-order valence-corrected chi connectivity index (χ4v) is 2.50. The summed E-state index contributed by atoms with van der Waals surface area (Å²) in [6.45, 7) is 0.906. The van der Waals surface area contributed by atoms with E-state index >= 15 is 0 Å². The first-order valence-electron chi connectivity index (χ1n) is 6.41. The molecule has 3 N–H and O–H groups in total. The van der Waals surface area contributed by atoms with Crippen molar-refractivity contribution in [2.24, 2.45) is 22.1 Å². The summed E-state index contributed by atoms with van der Waals surface area (Å²) in [7, 11) is 0. The molecule has 0 aromatic heterocycles. The maximum Gasteiger partial charge on any atom is 0.193 e. The number of guanidine groups is 1. The Morgan fingerprint density at radius 3 is 2.59 bits per heavy atom. The third-order valence-electron chi connectivity index (χ3n) is 3.95. The van der Waals surface area contributed by atoms with Crippen LogP contribution in [0, 0.1) is 11.3 Å². The van der Waals surface area contributed by atoms with Gasteiger partial charge in [-0.3, -0.25) is 4.99 Å². The Bertz CT molecular complexity index is 416. The van der Waals surface area contributed by atoms with E-state index in [0.717, 1.165) is 18.2 Å². The van der Waals surface area contributed by atoms with E-state index in [1.165, 1.54) is 25.7 Å². The topological polar surface area (TPSA) is 50.4 Å². The Labute approximate surface area is 102 Å². The van der Waals surface area contributed by atoms with Crippen molar-refractivity contribution < 1.29 is 0 Å². The van der Waals surface area contributed by atoms with Gasteiger partial charge in [0.2, 0.25) is 0 Å². The Hall–Kier alpha value is -1.51. The number of nitrogens with two attached hydrogens (primary N) is 1. The van der Waals surface area contributed by atoms with Gasteiger partial charge in [-0.05, 0) is 49.1 Å². The Balaban J connectivity index is 1.57. The van der Waals surface area contributed by atoms with Crippen LogP contribution in [-0.4, -0.2) is 12.5 Å². The molecule has 2 aliphatic carbocycles. The Morgan fingerprint density at radius 1 is 1.29 bits per heavy atom. The summed E-state index contributed by atoms with van der Waals surface area (Å²) in [6.07, 6.45) is 5.50. The van der Waals surface area contributed by atoms with E-state index < -0.39 is 0 Å². The molecule has 0 bridgehead atoms. The first-order valence-corrected chi connectivity index (χ1v) is 6.41. The molecule has 3 nitrogen and oxygen atoms in total. The van der Waals surface area contributed by atoms with E-state index in [-0.39, 0.29) is 0 Å². The average Bonchev–Trinajstić information content (AvgIpc) is 3.20. The van der Waals surface area contributed by atoms with E-state index in [2.05, 4.69) is 10.3 Å². The van der Waals surface area contributed by atoms with E-state index in [0.29, 0.717) is 11.4 Å². The van der Waals surface area contributed by atoms with Gasteiger partial charge in [-0.1, -0.05) is 18.2 Å².